The third-order valence-electron chi connectivity index (χ3n) is 3.28. The first kappa shape index (κ1) is 16.0. The lowest BCUT2D eigenvalue weighted by Gasteiger charge is -2.20. The molecule has 0 atom stereocenters. The summed E-state index contributed by atoms with van der Waals surface area (Å²) in [6.45, 7) is 7.54. The van der Waals surface area contributed by atoms with Gasteiger partial charge in [-0.3, -0.25) is 19.9 Å². The molecular formula is C13H20N4O3. The zero-order valence-electron chi connectivity index (χ0n) is 12.2. The van der Waals surface area contributed by atoms with Crippen LogP contribution in [0, 0.1) is 29.4 Å². The van der Waals surface area contributed by atoms with Crippen molar-refractivity contribution in [3.63, 3.8) is 0 Å². The van der Waals surface area contributed by atoms with E-state index in [1.54, 1.807) is 27.7 Å². The number of aromatic nitrogens is 1. The number of amides is 1. The number of primary amides is 1. The highest BCUT2D eigenvalue weighted by Gasteiger charge is 2.25. The fraction of sp³-hybridized carbons (Fsp3) is 0.538. The number of nitro groups is 1. The average Bonchev–Trinajstić information content (AvgIpc) is 2.31. The molecule has 0 fully saturated rings. The minimum atomic E-state index is -0.676. The molecule has 1 amide bonds. The summed E-state index contributed by atoms with van der Waals surface area (Å²) in [6.07, 6.45) is 1.49. The highest BCUT2D eigenvalue weighted by Crippen LogP contribution is 2.24. The molecule has 20 heavy (non-hydrogen) atoms. The molecule has 0 spiro atoms. The minimum absolute atomic E-state index is 0.0889. The van der Waals surface area contributed by atoms with Crippen molar-refractivity contribution in [3.05, 3.63) is 33.1 Å². The molecule has 1 aromatic heterocycles. The van der Waals surface area contributed by atoms with Crippen LogP contribution in [0.3, 0.4) is 0 Å². The summed E-state index contributed by atoms with van der Waals surface area (Å²) in [5.74, 6) is -0.399. The molecule has 110 valence electrons. The fourth-order valence-electron chi connectivity index (χ4n) is 1.80. The molecule has 0 saturated carbocycles. The number of carbonyl (C=O) groups excluding carboxylic acids is 1. The van der Waals surface area contributed by atoms with Crippen molar-refractivity contribution < 1.29 is 9.72 Å². The first-order valence-electron chi connectivity index (χ1n) is 6.27. The molecular weight excluding hydrogens is 260 g/mol. The summed E-state index contributed by atoms with van der Waals surface area (Å²) in [6, 6.07) is 0. The van der Waals surface area contributed by atoms with Gasteiger partial charge in [-0.15, -0.1) is 0 Å². The van der Waals surface area contributed by atoms with Crippen LogP contribution in [0.4, 0.5) is 5.69 Å². The molecule has 7 nitrogen and oxygen atoms in total. The van der Waals surface area contributed by atoms with E-state index in [9.17, 15) is 14.9 Å². The summed E-state index contributed by atoms with van der Waals surface area (Å²) in [4.78, 5) is 26.0. The minimum Gasteiger partial charge on any atom is -0.369 e. The number of hydrogen-bond acceptors (Lipinski definition) is 5. The monoisotopic (exact) mass is 280 g/mol. The van der Waals surface area contributed by atoms with E-state index < -0.39 is 16.2 Å². The van der Waals surface area contributed by atoms with Crippen molar-refractivity contribution in [1.82, 2.24) is 10.3 Å². The van der Waals surface area contributed by atoms with Crippen LogP contribution < -0.4 is 11.1 Å². The van der Waals surface area contributed by atoms with E-state index in [0.29, 0.717) is 29.9 Å². The van der Waals surface area contributed by atoms with E-state index in [1.807, 2.05) is 0 Å². The van der Waals surface area contributed by atoms with Crippen molar-refractivity contribution in [3.8, 4) is 0 Å². The Bertz CT molecular complexity index is 541. The Morgan fingerprint density at radius 3 is 2.60 bits per heavy atom. The summed E-state index contributed by atoms with van der Waals surface area (Å²) in [7, 11) is 0. The van der Waals surface area contributed by atoms with Gasteiger partial charge < -0.3 is 11.1 Å². The predicted molar refractivity (Wildman–Crippen MR) is 75.0 cm³/mol. The van der Waals surface area contributed by atoms with Crippen LogP contribution in [0.1, 0.15) is 30.7 Å². The molecule has 1 aromatic rings. The summed E-state index contributed by atoms with van der Waals surface area (Å²) < 4.78 is 0. The topological polar surface area (TPSA) is 111 Å². The van der Waals surface area contributed by atoms with Gasteiger partial charge in [-0.05, 0) is 27.7 Å². The molecule has 0 aliphatic rings. The van der Waals surface area contributed by atoms with E-state index in [1.165, 1.54) is 6.20 Å². The Kier molecular flexibility index (Phi) is 4.78. The Labute approximate surface area is 117 Å². The van der Waals surface area contributed by atoms with Crippen LogP contribution in [0.2, 0.25) is 0 Å². The molecule has 0 bridgehead atoms. The second-order valence-electron chi connectivity index (χ2n) is 5.47. The number of rotatable bonds is 6. The SMILES string of the molecule is Cc1cnc(CNCC(C)(C)C(N)=O)c(C)c1[N+](=O)[O-]. The van der Waals surface area contributed by atoms with Crippen molar-refractivity contribution in [2.45, 2.75) is 34.2 Å². The zero-order valence-corrected chi connectivity index (χ0v) is 12.2. The number of aryl methyl sites for hydroxylation is 1. The van der Waals surface area contributed by atoms with Gasteiger partial charge in [0.2, 0.25) is 5.91 Å². The van der Waals surface area contributed by atoms with Crippen molar-refractivity contribution >= 4 is 11.6 Å². The maximum atomic E-state index is 11.2. The first-order valence-corrected chi connectivity index (χ1v) is 6.27. The van der Waals surface area contributed by atoms with Gasteiger partial charge in [0.15, 0.2) is 0 Å². The number of hydrogen-bond donors (Lipinski definition) is 2. The Morgan fingerprint density at radius 2 is 2.10 bits per heavy atom. The fourth-order valence-corrected chi connectivity index (χ4v) is 1.80. The van der Waals surface area contributed by atoms with Crippen LogP contribution >= 0.6 is 0 Å². The highest BCUT2D eigenvalue weighted by atomic mass is 16.6. The van der Waals surface area contributed by atoms with Gasteiger partial charge in [0.25, 0.3) is 5.69 Å². The zero-order chi connectivity index (χ0) is 15.5. The summed E-state index contributed by atoms with van der Waals surface area (Å²) in [5.41, 5.74) is 6.37. The van der Waals surface area contributed by atoms with Crippen LogP contribution in [0.25, 0.3) is 0 Å². The second kappa shape index (κ2) is 5.96. The van der Waals surface area contributed by atoms with Crippen LogP contribution in [0.15, 0.2) is 6.20 Å². The molecule has 0 aromatic carbocycles. The molecule has 0 radical (unpaired) electrons. The maximum absolute atomic E-state index is 11.2. The van der Waals surface area contributed by atoms with E-state index >= 15 is 0 Å². The van der Waals surface area contributed by atoms with Crippen molar-refractivity contribution in [2.24, 2.45) is 11.1 Å². The number of carbonyl (C=O) groups is 1. The molecule has 0 aliphatic heterocycles. The van der Waals surface area contributed by atoms with Gasteiger partial charge in [0.05, 0.1) is 16.0 Å². The third kappa shape index (κ3) is 3.51. The van der Waals surface area contributed by atoms with Crippen molar-refractivity contribution in [2.75, 3.05) is 6.54 Å². The van der Waals surface area contributed by atoms with Gasteiger partial charge in [0, 0.05) is 30.4 Å². The van der Waals surface area contributed by atoms with Gasteiger partial charge >= 0.3 is 0 Å². The molecule has 1 rings (SSSR count). The van der Waals surface area contributed by atoms with Crippen molar-refractivity contribution in [1.29, 1.82) is 0 Å². The van der Waals surface area contributed by atoms with Gasteiger partial charge in [-0.1, -0.05) is 0 Å². The number of pyridine rings is 1. The molecule has 3 N–H and O–H groups in total. The van der Waals surface area contributed by atoms with Crippen LogP contribution in [-0.4, -0.2) is 22.4 Å². The normalized spacial score (nSPS) is 11.4. The maximum Gasteiger partial charge on any atom is 0.278 e. The first-order chi connectivity index (χ1) is 9.16. The van der Waals surface area contributed by atoms with Crippen LogP contribution in [-0.2, 0) is 11.3 Å². The smallest absolute Gasteiger partial charge is 0.278 e. The predicted octanol–water partition coefficient (Wildman–Crippen LogP) is 1.21. The number of nitrogens with two attached hydrogens (primary N) is 1. The lowest BCUT2D eigenvalue weighted by Crippen LogP contribution is -2.40. The molecule has 0 saturated heterocycles. The average molecular weight is 280 g/mol. The summed E-state index contributed by atoms with van der Waals surface area (Å²) in [5, 5.41) is 14.1. The molecule has 1 heterocycles. The van der Waals surface area contributed by atoms with Gasteiger partial charge in [-0.2, -0.15) is 0 Å². The largest absolute Gasteiger partial charge is 0.369 e. The Balaban J connectivity index is 2.83. The Hall–Kier alpha value is -2.02. The highest BCUT2D eigenvalue weighted by molar-refractivity contribution is 5.80. The quantitative estimate of drug-likeness (QED) is 0.601. The van der Waals surface area contributed by atoms with Crippen LogP contribution in [0.5, 0.6) is 0 Å². The summed E-state index contributed by atoms with van der Waals surface area (Å²) >= 11 is 0. The lowest BCUT2D eigenvalue weighted by molar-refractivity contribution is -0.386. The molecule has 0 aliphatic carbocycles. The van der Waals surface area contributed by atoms with E-state index in [0.717, 1.165) is 0 Å². The number of nitrogens with one attached hydrogen (secondary N) is 1. The third-order valence-corrected chi connectivity index (χ3v) is 3.28. The number of nitrogens with zero attached hydrogens (tertiary/aromatic N) is 2. The molecule has 7 heteroatoms. The van der Waals surface area contributed by atoms with Gasteiger partial charge in [-0.25, -0.2) is 0 Å². The van der Waals surface area contributed by atoms with Gasteiger partial charge in [0.1, 0.15) is 0 Å². The molecule has 0 unspecified atom stereocenters. The van der Waals surface area contributed by atoms with E-state index in [-0.39, 0.29) is 5.69 Å². The second-order valence-corrected chi connectivity index (χ2v) is 5.47. The van der Waals surface area contributed by atoms with E-state index in [4.69, 9.17) is 5.73 Å². The lowest BCUT2D eigenvalue weighted by atomic mass is 9.93. The Morgan fingerprint density at radius 1 is 1.50 bits per heavy atom. The van der Waals surface area contributed by atoms with E-state index in [2.05, 4.69) is 10.3 Å². The standard InChI is InChI=1S/C13H20N4O3/c1-8-5-16-10(9(2)11(8)17(19)20)6-15-7-13(3,4)12(14)18/h5,15H,6-7H2,1-4H3,(H2,14,18).